The van der Waals surface area contributed by atoms with Gasteiger partial charge in [-0.2, -0.15) is 0 Å². The average molecular weight is 548 g/mol. The van der Waals surface area contributed by atoms with Gasteiger partial charge in [0.25, 0.3) is 0 Å². The first kappa shape index (κ1) is 28.0. The van der Waals surface area contributed by atoms with Gasteiger partial charge in [-0.15, -0.1) is 23.5 Å². The van der Waals surface area contributed by atoms with Gasteiger partial charge in [0, 0.05) is 11.5 Å². The molecule has 0 N–H and O–H groups in total. The minimum Gasteiger partial charge on any atom is -0.108 e. The van der Waals surface area contributed by atoms with Crippen molar-refractivity contribution in [2.75, 3.05) is 0 Å². The van der Waals surface area contributed by atoms with E-state index in [1.807, 2.05) is 0 Å². The molecule has 2 rings (SSSR count). The first-order chi connectivity index (χ1) is 14.8. The van der Waals surface area contributed by atoms with Crippen molar-refractivity contribution in [3.8, 4) is 0 Å². The molecule has 0 atom stereocenters. The fraction of sp³-hybridized carbons (Fsp3) is 0.385. The van der Waals surface area contributed by atoms with Crippen LogP contribution in [0.4, 0.5) is 0 Å². The lowest BCUT2D eigenvalue weighted by Crippen LogP contribution is -2.10. The van der Waals surface area contributed by atoms with Crippen molar-refractivity contribution in [1.29, 1.82) is 0 Å². The maximum Gasteiger partial charge on any atom is 0.0940 e. The van der Waals surface area contributed by atoms with E-state index in [1.165, 1.54) is 45.8 Å². The number of halogens is 4. The lowest BCUT2D eigenvalue weighted by Gasteiger charge is -2.19. The Morgan fingerprint density at radius 2 is 0.844 bits per heavy atom. The highest BCUT2D eigenvalue weighted by Gasteiger charge is 2.15. The van der Waals surface area contributed by atoms with Crippen LogP contribution in [-0.2, 0) is 22.3 Å². The zero-order valence-corrected chi connectivity index (χ0v) is 24.0. The first-order valence-electron chi connectivity index (χ1n) is 10.3. The Morgan fingerprint density at radius 3 is 1.09 bits per heavy atom. The number of rotatable bonds is 7. The van der Waals surface area contributed by atoms with Crippen molar-refractivity contribution in [3.63, 3.8) is 0 Å². The Hall–Kier alpha value is -0.220. The zero-order chi connectivity index (χ0) is 24.1. The SMILES string of the molecule is CC(C)(C)c1ccc(CS/C(Cl)=C(Cl)\C(Cl)=C(\Cl)SCc2ccc(C(C)(C)C)cc2)cc1. The van der Waals surface area contributed by atoms with E-state index in [0.29, 0.717) is 20.2 Å². The molecule has 0 spiro atoms. The molecule has 0 aromatic heterocycles. The summed E-state index contributed by atoms with van der Waals surface area (Å²) in [5, 5.41) is 0.565. The summed E-state index contributed by atoms with van der Waals surface area (Å²) in [4.78, 5) is 0. The molecule has 0 radical (unpaired) electrons. The molecule has 0 nitrogen and oxygen atoms in total. The van der Waals surface area contributed by atoms with Crippen molar-refractivity contribution in [3.05, 3.63) is 89.6 Å². The van der Waals surface area contributed by atoms with E-state index >= 15 is 0 Å². The second-order valence-corrected chi connectivity index (χ2v) is 13.6. The fourth-order valence-electron chi connectivity index (χ4n) is 2.79. The van der Waals surface area contributed by atoms with E-state index < -0.39 is 0 Å². The van der Waals surface area contributed by atoms with Gasteiger partial charge in [-0.25, -0.2) is 0 Å². The smallest absolute Gasteiger partial charge is 0.0940 e. The standard InChI is InChI=1S/C26H30Cl4S2/c1-25(2,3)19-11-7-17(8-12-19)15-31-23(29)21(27)22(28)24(30)32-16-18-9-13-20(14-10-18)26(4,5)6/h7-14H,15-16H2,1-6H3/b23-21+,24-22+. The summed E-state index contributed by atoms with van der Waals surface area (Å²) in [6, 6.07) is 17.1. The Morgan fingerprint density at radius 1 is 0.562 bits per heavy atom. The number of benzene rings is 2. The van der Waals surface area contributed by atoms with Crippen molar-refractivity contribution in [1.82, 2.24) is 0 Å². The number of allylic oxidation sites excluding steroid dienone is 2. The van der Waals surface area contributed by atoms with E-state index in [2.05, 4.69) is 90.1 Å². The van der Waals surface area contributed by atoms with Gasteiger partial charge >= 0.3 is 0 Å². The summed E-state index contributed by atoms with van der Waals surface area (Å²) in [5.74, 6) is 1.41. The molecule has 0 bridgehead atoms. The summed E-state index contributed by atoms with van der Waals surface area (Å²) in [6.07, 6.45) is 0. The van der Waals surface area contributed by atoms with Crippen LogP contribution in [0.1, 0.15) is 63.8 Å². The zero-order valence-electron chi connectivity index (χ0n) is 19.4. The summed E-state index contributed by atoms with van der Waals surface area (Å²) in [5.41, 5.74) is 5.21. The summed E-state index contributed by atoms with van der Waals surface area (Å²) >= 11 is 28.6. The maximum absolute atomic E-state index is 6.43. The maximum atomic E-state index is 6.43. The van der Waals surface area contributed by atoms with Gasteiger partial charge in [0.1, 0.15) is 0 Å². The molecule has 6 heteroatoms. The Labute approximate surface area is 222 Å². The van der Waals surface area contributed by atoms with Gasteiger partial charge in [0.05, 0.1) is 18.8 Å². The highest BCUT2D eigenvalue weighted by atomic mass is 35.5. The largest absolute Gasteiger partial charge is 0.108 e. The Balaban J connectivity index is 1.99. The molecule has 0 amide bonds. The highest BCUT2D eigenvalue weighted by molar-refractivity contribution is 8.04. The van der Waals surface area contributed by atoms with Gasteiger partial charge in [0.15, 0.2) is 0 Å². The van der Waals surface area contributed by atoms with E-state index in [9.17, 15) is 0 Å². The molecule has 2 aromatic carbocycles. The van der Waals surface area contributed by atoms with Crippen LogP contribution in [0.2, 0.25) is 0 Å². The lowest BCUT2D eigenvalue weighted by atomic mass is 9.87. The molecule has 0 saturated heterocycles. The molecule has 174 valence electrons. The molecule has 0 saturated carbocycles. The van der Waals surface area contributed by atoms with Crippen LogP contribution < -0.4 is 0 Å². The monoisotopic (exact) mass is 546 g/mol. The second kappa shape index (κ2) is 12.0. The fourth-order valence-corrected chi connectivity index (χ4v) is 5.47. The third-order valence-electron chi connectivity index (χ3n) is 4.91. The van der Waals surface area contributed by atoms with E-state index in [0.717, 1.165) is 0 Å². The van der Waals surface area contributed by atoms with E-state index in [1.54, 1.807) is 0 Å². The summed E-state index contributed by atoms with van der Waals surface area (Å²) in [6.45, 7) is 13.2. The van der Waals surface area contributed by atoms with Crippen LogP contribution in [0, 0.1) is 0 Å². The highest BCUT2D eigenvalue weighted by Crippen LogP contribution is 2.40. The molecule has 32 heavy (non-hydrogen) atoms. The van der Waals surface area contributed by atoms with Crippen LogP contribution in [0.5, 0.6) is 0 Å². The summed E-state index contributed by atoms with van der Waals surface area (Å²) < 4.78 is 0.870. The molecule has 0 aliphatic heterocycles. The van der Waals surface area contributed by atoms with Gasteiger partial charge < -0.3 is 0 Å². The second-order valence-electron chi connectivity index (χ2n) is 9.65. The van der Waals surface area contributed by atoms with Crippen LogP contribution >= 0.6 is 69.9 Å². The third kappa shape index (κ3) is 8.53. The molecule has 0 aliphatic carbocycles. The third-order valence-corrected chi connectivity index (χ3v) is 9.08. The molecule has 0 unspecified atom stereocenters. The van der Waals surface area contributed by atoms with E-state index in [-0.39, 0.29) is 20.9 Å². The molecule has 0 heterocycles. The van der Waals surface area contributed by atoms with Gasteiger partial charge in [-0.1, -0.05) is 136 Å². The van der Waals surface area contributed by atoms with Crippen molar-refractivity contribution in [2.24, 2.45) is 0 Å². The summed E-state index contributed by atoms with van der Waals surface area (Å²) in [7, 11) is 0. The van der Waals surface area contributed by atoms with Crippen molar-refractivity contribution < 1.29 is 0 Å². The van der Waals surface area contributed by atoms with E-state index in [4.69, 9.17) is 46.4 Å². The van der Waals surface area contributed by atoms with Crippen LogP contribution in [0.3, 0.4) is 0 Å². The molecular weight excluding hydrogens is 518 g/mol. The minimum absolute atomic E-state index is 0.133. The van der Waals surface area contributed by atoms with Crippen molar-refractivity contribution in [2.45, 2.75) is 63.9 Å². The number of thioether (sulfide) groups is 2. The van der Waals surface area contributed by atoms with Gasteiger partial charge in [-0.05, 0) is 33.1 Å². The quantitative estimate of drug-likeness (QED) is 0.316. The van der Waals surface area contributed by atoms with Crippen LogP contribution in [0.15, 0.2) is 67.3 Å². The Kier molecular flexibility index (Phi) is 10.5. The minimum atomic E-state index is 0.133. The average Bonchev–Trinajstić information content (AvgIpc) is 2.74. The lowest BCUT2D eigenvalue weighted by molar-refractivity contribution is 0.590. The topological polar surface area (TPSA) is 0 Å². The Bertz CT molecular complexity index is 879. The predicted molar refractivity (Wildman–Crippen MR) is 150 cm³/mol. The van der Waals surface area contributed by atoms with Crippen LogP contribution in [0.25, 0.3) is 0 Å². The first-order valence-corrected chi connectivity index (χ1v) is 13.8. The predicted octanol–water partition coefficient (Wildman–Crippen LogP) is 10.7. The molecular formula is C26H30Cl4S2. The van der Waals surface area contributed by atoms with Crippen molar-refractivity contribution >= 4 is 69.9 Å². The molecule has 2 aromatic rings. The van der Waals surface area contributed by atoms with Gasteiger partial charge in [-0.3, -0.25) is 0 Å². The van der Waals surface area contributed by atoms with Crippen LogP contribution in [-0.4, -0.2) is 0 Å². The van der Waals surface area contributed by atoms with Gasteiger partial charge in [0.2, 0.25) is 0 Å². The molecule has 0 fully saturated rings. The number of hydrogen-bond acceptors (Lipinski definition) is 2. The molecule has 0 aliphatic rings. The number of hydrogen-bond donors (Lipinski definition) is 0. The normalized spacial score (nSPS) is 14.2.